The zero-order valence-electron chi connectivity index (χ0n) is 13.9. The monoisotopic (exact) mass is 382 g/mol. The molecule has 134 valence electrons. The van der Waals surface area contributed by atoms with Crippen LogP contribution in [0.1, 0.15) is 22.3 Å². The van der Waals surface area contributed by atoms with Gasteiger partial charge in [0.05, 0.1) is 5.56 Å². The fourth-order valence-electron chi connectivity index (χ4n) is 2.56. The van der Waals surface area contributed by atoms with Gasteiger partial charge in [0.15, 0.2) is 0 Å². The second-order valence-corrected chi connectivity index (χ2v) is 5.54. The van der Waals surface area contributed by atoms with Crippen LogP contribution in [0.15, 0.2) is 45.9 Å². The van der Waals surface area contributed by atoms with Crippen molar-refractivity contribution in [2.45, 2.75) is 26.9 Å². The highest BCUT2D eigenvalue weighted by atomic mass is 35.5. The van der Waals surface area contributed by atoms with Gasteiger partial charge < -0.3 is 14.8 Å². The number of nitrogens with zero attached hydrogens (tertiary/aromatic N) is 1. The van der Waals surface area contributed by atoms with E-state index in [2.05, 4.69) is 10.3 Å². The first-order valence-electron chi connectivity index (χ1n) is 7.42. The lowest BCUT2D eigenvalue weighted by atomic mass is 10.0. The van der Waals surface area contributed by atoms with Crippen LogP contribution in [0.4, 0.5) is 0 Å². The summed E-state index contributed by atoms with van der Waals surface area (Å²) in [6, 6.07) is 7.26. The lowest BCUT2D eigenvalue weighted by Crippen LogP contribution is -2.14. The molecule has 2 aromatic heterocycles. The number of fused-ring (bicyclic) bond motifs is 1. The van der Waals surface area contributed by atoms with Crippen molar-refractivity contribution in [1.29, 1.82) is 0 Å². The van der Waals surface area contributed by atoms with Crippen LogP contribution in [0.5, 0.6) is 5.75 Å². The largest absolute Gasteiger partial charge is 0.507 e. The van der Waals surface area contributed by atoms with Crippen molar-refractivity contribution in [2.75, 3.05) is 0 Å². The van der Waals surface area contributed by atoms with Crippen molar-refractivity contribution < 1.29 is 9.52 Å². The molecule has 2 heterocycles. The number of halogens is 2. The Bertz CT molecular complexity index is 912. The molecular weight excluding hydrogens is 363 g/mol. The molecule has 0 atom stereocenters. The molecule has 2 N–H and O–H groups in total. The second-order valence-electron chi connectivity index (χ2n) is 5.54. The van der Waals surface area contributed by atoms with Crippen molar-refractivity contribution >= 4 is 35.8 Å². The quantitative estimate of drug-likeness (QED) is 0.673. The number of pyridine rings is 1. The average Bonchev–Trinajstić information content (AvgIpc) is 2.56. The van der Waals surface area contributed by atoms with Crippen molar-refractivity contribution in [3.05, 3.63) is 69.3 Å². The van der Waals surface area contributed by atoms with Gasteiger partial charge in [-0.05, 0) is 49.2 Å². The van der Waals surface area contributed by atoms with Crippen molar-refractivity contribution in [3.63, 3.8) is 0 Å². The summed E-state index contributed by atoms with van der Waals surface area (Å²) >= 11 is 0. The van der Waals surface area contributed by atoms with Crippen molar-refractivity contribution in [1.82, 2.24) is 10.3 Å². The third kappa shape index (κ3) is 4.31. The number of aryl methyl sites for hydroxylation is 1. The van der Waals surface area contributed by atoms with E-state index in [9.17, 15) is 9.90 Å². The number of nitrogens with one attached hydrogen (secondary N) is 1. The molecule has 0 saturated carbocycles. The lowest BCUT2D eigenvalue weighted by Gasteiger charge is -2.11. The number of hydrogen-bond acceptors (Lipinski definition) is 5. The highest BCUT2D eigenvalue weighted by molar-refractivity contribution is 5.86. The Morgan fingerprint density at radius 1 is 1.04 bits per heavy atom. The predicted octanol–water partition coefficient (Wildman–Crippen LogP) is 3.64. The maximum absolute atomic E-state index is 11.9. The minimum absolute atomic E-state index is 0. The summed E-state index contributed by atoms with van der Waals surface area (Å²) in [7, 11) is 0. The number of phenolic OH excluding ortho intramolecular Hbond substituents is 1. The highest BCUT2D eigenvalue weighted by Gasteiger charge is 2.14. The van der Waals surface area contributed by atoms with E-state index in [0.29, 0.717) is 29.8 Å². The smallest absolute Gasteiger partial charge is 0.339 e. The van der Waals surface area contributed by atoms with E-state index in [1.54, 1.807) is 31.5 Å². The number of benzene rings is 1. The van der Waals surface area contributed by atoms with E-state index in [4.69, 9.17) is 4.42 Å². The van der Waals surface area contributed by atoms with Crippen molar-refractivity contribution in [2.24, 2.45) is 0 Å². The fourth-order valence-corrected chi connectivity index (χ4v) is 2.56. The first-order chi connectivity index (χ1) is 11.1. The third-order valence-electron chi connectivity index (χ3n) is 4.08. The third-order valence-corrected chi connectivity index (χ3v) is 4.08. The van der Waals surface area contributed by atoms with Crippen LogP contribution in [0.2, 0.25) is 0 Å². The number of hydrogen-bond donors (Lipinski definition) is 2. The van der Waals surface area contributed by atoms with Gasteiger partial charge >= 0.3 is 5.63 Å². The number of aromatic nitrogens is 1. The fraction of sp³-hybridized carbons (Fsp3) is 0.222. The van der Waals surface area contributed by atoms with Crippen LogP contribution in [-0.4, -0.2) is 10.1 Å². The van der Waals surface area contributed by atoms with E-state index in [1.807, 2.05) is 19.1 Å². The molecule has 0 amide bonds. The Morgan fingerprint density at radius 2 is 1.72 bits per heavy atom. The van der Waals surface area contributed by atoms with Gasteiger partial charge in [-0.25, -0.2) is 4.79 Å². The van der Waals surface area contributed by atoms with E-state index in [-0.39, 0.29) is 36.2 Å². The van der Waals surface area contributed by atoms with Gasteiger partial charge in [0, 0.05) is 36.4 Å². The van der Waals surface area contributed by atoms with Gasteiger partial charge in [0.25, 0.3) is 0 Å². The van der Waals surface area contributed by atoms with Gasteiger partial charge in [-0.3, -0.25) is 4.98 Å². The molecule has 0 aliphatic rings. The summed E-state index contributed by atoms with van der Waals surface area (Å²) in [5, 5.41) is 14.2. The van der Waals surface area contributed by atoms with Gasteiger partial charge in [-0.2, -0.15) is 0 Å². The molecule has 0 bridgehead atoms. The topological polar surface area (TPSA) is 75.4 Å². The molecule has 0 aliphatic heterocycles. The second kappa shape index (κ2) is 8.85. The minimum Gasteiger partial charge on any atom is -0.507 e. The summed E-state index contributed by atoms with van der Waals surface area (Å²) < 4.78 is 5.42. The molecule has 0 radical (unpaired) electrons. The van der Waals surface area contributed by atoms with Crippen LogP contribution in [0.3, 0.4) is 0 Å². The van der Waals surface area contributed by atoms with Crippen LogP contribution in [-0.2, 0) is 13.1 Å². The molecule has 3 rings (SSSR count). The van der Waals surface area contributed by atoms with Gasteiger partial charge in [0.2, 0.25) is 0 Å². The lowest BCUT2D eigenvalue weighted by molar-refractivity contribution is 0.460. The highest BCUT2D eigenvalue weighted by Crippen LogP contribution is 2.29. The molecule has 7 heteroatoms. The number of phenols is 1. The first kappa shape index (κ1) is 21.0. The Hall–Kier alpha value is -2.08. The summed E-state index contributed by atoms with van der Waals surface area (Å²) in [5.74, 6) is 0.117. The van der Waals surface area contributed by atoms with Crippen LogP contribution in [0.25, 0.3) is 11.0 Å². The molecule has 0 unspecified atom stereocenters. The summed E-state index contributed by atoms with van der Waals surface area (Å²) in [4.78, 5) is 15.9. The maximum atomic E-state index is 11.9. The van der Waals surface area contributed by atoms with Crippen molar-refractivity contribution in [3.8, 4) is 5.75 Å². The standard InChI is InChI=1S/C18H18N2O3.2ClH/c1-11-12(2)18(22)23-17-14(11)3-4-16(21)15(17)10-20-9-13-5-7-19-8-6-13;;/h3-8,20-21H,9-10H2,1-2H3;2*1H. The Kier molecular flexibility index (Phi) is 7.42. The predicted molar refractivity (Wildman–Crippen MR) is 103 cm³/mol. The Morgan fingerprint density at radius 3 is 2.40 bits per heavy atom. The zero-order chi connectivity index (χ0) is 16.4. The van der Waals surface area contributed by atoms with Gasteiger partial charge in [-0.1, -0.05) is 0 Å². The SMILES string of the molecule is Cc1c(C)c2ccc(O)c(CNCc3ccncc3)c2oc1=O.Cl.Cl. The number of rotatable bonds is 4. The zero-order valence-corrected chi connectivity index (χ0v) is 15.5. The Labute approximate surface area is 157 Å². The first-order valence-corrected chi connectivity index (χ1v) is 7.42. The van der Waals surface area contributed by atoms with E-state index < -0.39 is 0 Å². The maximum Gasteiger partial charge on any atom is 0.339 e. The molecule has 25 heavy (non-hydrogen) atoms. The molecule has 0 aliphatic carbocycles. The van der Waals surface area contributed by atoms with Gasteiger partial charge in [0.1, 0.15) is 11.3 Å². The number of aromatic hydroxyl groups is 1. The summed E-state index contributed by atoms with van der Waals surface area (Å²) in [6.07, 6.45) is 3.47. The molecule has 3 aromatic rings. The van der Waals surface area contributed by atoms with Crippen LogP contribution >= 0.6 is 24.8 Å². The average molecular weight is 383 g/mol. The molecule has 0 fully saturated rings. The summed E-state index contributed by atoms with van der Waals surface area (Å²) in [5.41, 5.74) is 3.24. The molecule has 1 aromatic carbocycles. The molecule has 0 spiro atoms. The minimum atomic E-state index is -0.365. The van der Waals surface area contributed by atoms with Gasteiger partial charge in [-0.15, -0.1) is 24.8 Å². The van der Waals surface area contributed by atoms with Crippen LogP contribution in [0, 0.1) is 13.8 Å². The summed E-state index contributed by atoms with van der Waals surface area (Å²) in [6.45, 7) is 4.67. The Balaban J connectivity index is 0.00000156. The van der Waals surface area contributed by atoms with E-state index >= 15 is 0 Å². The van der Waals surface area contributed by atoms with Crippen LogP contribution < -0.4 is 10.9 Å². The molecule has 0 saturated heterocycles. The normalized spacial score (nSPS) is 10.2. The molecule has 5 nitrogen and oxygen atoms in total. The molecular formula is C18H20Cl2N2O3. The van der Waals surface area contributed by atoms with E-state index in [1.165, 1.54) is 0 Å². The van der Waals surface area contributed by atoms with E-state index in [0.717, 1.165) is 16.5 Å².